The Hall–Kier alpha value is -5.13. The van der Waals surface area contributed by atoms with Crippen LogP contribution in [0, 0.1) is 0 Å². The van der Waals surface area contributed by atoms with Crippen molar-refractivity contribution in [3.63, 3.8) is 0 Å². The highest BCUT2D eigenvalue weighted by atomic mass is 35.5. The number of hydrogen-bond acceptors (Lipinski definition) is 8. The average Bonchev–Trinajstić information content (AvgIpc) is 3.77. The second kappa shape index (κ2) is 15.4. The van der Waals surface area contributed by atoms with E-state index in [1.165, 1.54) is 35.4 Å². The molecule has 0 saturated carbocycles. The van der Waals surface area contributed by atoms with Crippen LogP contribution in [0.25, 0.3) is 11.3 Å². The average molecular weight is 674 g/mol. The van der Waals surface area contributed by atoms with Gasteiger partial charge in [0.25, 0.3) is 0 Å². The predicted octanol–water partition coefficient (Wildman–Crippen LogP) is 6.17. The summed E-state index contributed by atoms with van der Waals surface area (Å²) in [6.07, 6.45) is 5.79. The molecule has 0 saturated heterocycles. The number of aromatic carboxylic acids is 1. The van der Waals surface area contributed by atoms with Gasteiger partial charge in [-0.3, -0.25) is 9.59 Å². The summed E-state index contributed by atoms with van der Waals surface area (Å²) < 4.78 is 7.75. The van der Waals surface area contributed by atoms with Crippen molar-refractivity contribution in [2.45, 2.75) is 38.5 Å². The van der Waals surface area contributed by atoms with Crippen LogP contribution in [0.5, 0.6) is 0 Å². The lowest BCUT2D eigenvalue weighted by Crippen LogP contribution is -2.11. The molecule has 6 rings (SSSR count). The lowest BCUT2D eigenvalue weighted by atomic mass is 10.0. The van der Waals surface area contributed by atoms with Gasteiger partial charge in [-0.25, -0.2) is 23.8 Å². The lowest BCUT2D eigenvalue weighted by Gasteiger charge is -2.10. The van der Waals surface area contributed by atoms with Gasteiger partial charge in [0.05, 0.1) is 29.1 Å². The third kappa shape index (κ3) is 8.00. The van der Waals surface area contributed by atoms with Crippen molar-refractivity contribution in [2.24, 2.45) is 0 Å². The minimum Gasteiger partial charge on any atom is -0.478 e. The number of halogens is 2. The minimum absolute atomic E-state index is 0.00170. The number of carbonyl (C=O) groups is 3. The summed E-state index contributed by atoms with van der Waals surface area (Å²) in [5.41, 5.74) is 5.07. The SMILES string of the molecule is COC(=O)CCC(=O)c1c(Cl)cc(CCc2ccccc2)n2ncnc12.O=C(O)c1c(Cl)cc(CCc2ccccc2)n2ncnc12. The molecule has 0 aliphatic rings. The van der Waals surface area contributed by atoms with Crippen molar-refractivity contribution in [3.8, 4) is 0 Å². The molecule has 0 atom stereocenters. The third-order valence-electron chi connectivity index (χ3n) is 7.45. The first-order valence-corrected chi connectivity index (χ1v) is 15.5. The Morgan fingerprint density at radius 2 is 1.17 bits per heavy atom. The quantitative estimate of drug-likeness (QED) is 0.126. The number of carboxylic acid groups (broad SMARTS) is 1. The fraction of sp³-hybridized carbons (Fsp3) is 0.206. The molecular formula is C34H30Cl2N6O5. The molecule has 0 fully saturated rings. The summed E-state index contributed by atoms with van der Waals surface area (Å²) in [4.78, 5) is 43.3. The Labute approximate surface area is 279 Å². The van der Waals surface area contributed by atoms with Crippen LogP contribution in [0.1, 0.15) is 56.1 Å². The topological polar surface area (TPSA) is 141 Å². The number of aromatic nitrogens is 6. The van der Waals surface area contributed by atoms with Gasteiger partial charge in [-0.05, 0) is 48.9 Å². The van der Waals surface area contributed by atoms with Crippen LogP contribution in [0.3, 0.4) is 0 Å². The van der Waals surface area contributed by atoms with Crippen LogP contribution in [-0.4, -0.2) is 59.1 Å². The third-order valence-corrected chi connectivity index (χ3v) is 8.05. The molecule has 0 aliphatic carbocycles. The molecule has 0 amide bonds. The van der Waals surface area contributed by atoms with Crippen LogP contribution >= 0.6 is 23.2 Å². The molecule has 0 bridgehead atoms. The van der Waals surface area contributed by atoms with Gasteiger partial charge >= 0.3 is 11.9 Å². The number of methoxy groups -OCH3 is 1. The number of ketones is 1. The Morgan fingerprint density at radius 3 is 1.64 bits per heavy atom. The first kappa shape index (κ1) is 33.2. The highest BCUT2D eigenvalue weighted by Crippen LogP contribution is 2.25. The van der Waals surface area contributed by atoms with E-state index in [9.17, 15) is 19.5 Å². The highest BCUT2D eigenvalue weighted by molar-refractivity contribution is 6.35. The summed E-state index contributed by atoms with van der Waals surface area (Å²) in [6.45, 7) is 0. The molecule has 4 aromatic heterocycles. The molecular weight excluding hydrogens is 643 g/mol. The second-order valence-corrected chi connectivity index (χ2v) is 11.3. The van der Waals surface area contributed by atoms with Gasteiger partial charge in [0.15, 0.2) is 17.1 Å². The minimum atomic E-state index is -1.10. The van der Waals surface area contributed by atoms with E-state index in [2.05, 4.69) is 37.0 Å². The monoisotopic (exact) mass is 672 g/mol. The standard InChI is InChI=1S/C19H18ClN3O3.C15H12ClN3O2/c1-26-17(25)10-9-16(24)18-15(20)11-14(23-19(18)21-12-22-23)8-7-13-5-3-2-4-6-13;16-12-8-11(7-6-10-4-2-1-3-5-10)19-14(17-9-18-19)13(12)15(20)21/h2-6,11-12H,7-10H2,1H3;1-5,8-9H,6-7H2,(H,20,21). The maximum Gasteiger partial charge on any atom is 0.341 e. The predicted molar refractivity (Wildman–Crippen MR) is 176 cm³/mol. The molecule has 0 spiro atoms. The van der Waals surface area contributed by atoms with Crippen molar-refractivity contribution in [1.82, 2.24) is 29.2 Å². The van der Waals surface area contributed by atoms with E-state index in [-0.39, 0.29) is 40.4 Å². The van der Waals surface area contributed by atoms with E-state index < -0.39 is 11.9 Å². The Morgan fingerprint density at radius 1 is 0.702 bits per heavy atom. The fourth-order valence-corrected chi connectivity index (χ4v) is 5.71. The lowest BCUT2D eigenvalue weighted by molar-refractivity contribution is -0.140. The molecule has 1 N–H and O–H groups in total. The van der Waals surface area contributed by atoms with E-state index in [0.717, 1.165) is 24.2 Å². The summed E-state index contributed by atoms with van der Waals surface area (Å²) >= 11 is 12.5. The van der Waals surface area contributed by atoms with E-state index >= 15 is 0 Å². The molecule has 4 heterocycles. The zero-order chi connectivity index (χ0) is 33.3. The summed E-state index contributed by atoms with van der Waals surface area (Å²) in [5, 5.41) is 18.1. The maximum absolute atomic E-state index is 12.5. The molecule has 13 heteroatoms. The van der Waals surface area contributed by atoms with Crippen molar-refractivity contribution < 1.29 is 24.2 Å². The Bertz CT molecular complexity index is 2030. The highest BCUT2D eigenvalue weighted by Gasteiger charge is 2.21. The Kier molecular flexibility index (Phi) is 10.9. The molecule has 240 valence electrons. The number of benzene rings is 2. The van der Waals surface area contributed by atoms with E-state index in [1.807, 2.05) is 48.5 Å². The molecule has 0 unspecified atom stereocenters. The van der Waals surface area contributed by atoms with Crippen molar-refractivity contribution in [3.05, 3.63) is 129 Å². The number of esters is 1. The summed E-state index contributed by atoms with van der Waals surface area (Å²) in [5.74, 6) is -1.80. The van der Waals surface area contributed by atoms with Gasteiger partial charge in [0.1, 0.15) is 18.2 Å². The summed E-state index contributed by atoms with van der Waals surface area (Å²) in [7, 11) is 1.29. The summed E-state index contributed by atoms with van der Waals surface area (Å²) in [6, 6.07) is 23.5. The second-order valence-electron chi connectivity index (χ2n) is 10.5. The van der Waals surface area contributed by atoms with Crippen LogP contribution in [0.15, 0.2) is 85.5 Å². The normalized spacial score (nSPS) is 10.9. The molecule has 0 aliphatic heterocycles. The molecule has 47 heavy (non-hydrogen) atoms. The molecule has 0 radical (unpaired) electrons. The first-order chi connectivity index (χ1) is 22.8. The van der Waals surface area contributed by atoms with Crippen LogP contribution in [-0.2, 0) is 35.2 Å². The number of carboxylic acids is 1. The fourth-order valence-electron chi connectivity index (χ4n) is 5.11. The number of nitrogens with zero attached hydrogens (tertiary/aromatic N) is 6. The van der Waals surface area contributed by atoms with Gasteiger partial charge in [0.2, 0.25) is 0 Å². The zero-order valence-electron chi connectivity index (χ0n) is 25.3. The van der Waals surface area contributed by atoms with Crippen LogP contribution in [0.4, 0.5) is 0 Å². The van der Waals surface area contributed by atoms with Gasteiger partial charge < -0.3 is 9.84 Å². The number of pyridine rings is 2. The van der Waals surface area contributed by atoms with Crippen molar-refractivity contribution in [2.75, 3.05) is 7.11 Å². The molecule has 11 nitrogen and oxygen atoms in total. The maximum atomic E-state index is 12.5. The van der Waals surface area contributed by atoms with Gasteiger partial charge in [0, 0.05) is 17.8 Å². The number of fused-ring (bicyclic) bond motifs is 2. The van der Waals surface area contributed by atoms with Crippen molar-refractivity contribution in [1.29, 1.82) is 0 Å². The number of Topliss-reactive ketones (excluding diaryl/α,β-unsaturated/α-hetero) is 1. The van der Waals surface area contributed by atoms with Crippen LogP contribution in [0.2, 0.25) is 10.0 Å². The number of hydrogen-bond donors (Lipinski definition) is 1. The van der Waals surface area contributed by atoms with Gasteiger partial charge in [-0.15, -0.1) is 0 Å². The number of ether oxygens (including phenoxy) is 1. The molecule has 6 aromatic rings. The largest absolute Gasteiger partial charge is 0.478 e. The Balaban J connectivity index is 0.000000189. The van der Waals surface area contributed by atoms with Gasteiger partial charge in [-0.2, -0.15) is 10.2 Å². The van der Waals surface area contributed by atoms with Crippen molar-refractivity contribution >= 4 is 52.2 Å². The van der Waals surface area contributed by atoms with Crippen LogP contribution < -0.4 is 0 Å². The molecule has 2 aromatic carbocycles. The number of carbonyl (C=O) groups excluding carboxylic acids is 2. The van der Waals surface area contributed by atoms with E-state index in [1.54, 1.807) is 16.6 Å². The van der Waals surface area contributed by atoms with Gasteiger partial charge in [-0.1, -0.05) is 83.9 Å². The smallest absolute Gasteiger partial charge is 0.341 e. The first-order valence-electron chi connectivity index (χ1n) is 14.7. The zero-order valence-corrected chi connectivity index (χ0v) is 26.9. The number of aryl methyl sites for hydroxylation is 4. The number of rotatable bonds is 11. The van der Waals surface area contributed by atoms with E-state index in [0.29, 0.717) is 23.5 Å². The van der Waals surface area contributed by atoms with E-state index in [4.69, 9.17) is 23.2 Å².